The van der Waals surface area contributed by atoms with Crippen LogP contribution >= 0.6 is 11.3 Å². The number of nitrogens with zero attached hydrogens (tertiary/aromatic N) is 1. The third kappa shape index (κ3) is 3.42. The summed E-state index contributed by atoms with van der Waals surface area (Å²) < 4.78 is 0. The smallest absolute Gasteiger partial charge is 0.110 e. The van der Waals surface area contributed by atoms with Crippen LogP contribution < -0.4 is 5.32 Å². The first-order chi connectivity index (χ1) is 6.24. The monoisotopic (exact) mass is 200 g/mol. The van der Waals surface area contributed by atoms with Gasteiger partial charge >= 0.3 is 0 Å². The van der Waals surface area contributed by atoms with Crippen LogP contribution in [0.5, 0.6) is 0 Å². The van der Waals surface area contributed by atoms with Crippen molar-refractivity contribution < 1.29 is 5.11 Å². The van der Waals surface area contributed by atoms with E-state index < -0.39 is 0 Å². The molecule has 0 bridgehead atoms. The lowest BCUT2D eigenvalue weighted by Crippen LogP contribution is -2.20. The third-order valence-corrected chi connectivity index (χ3v) is 2.94. The normalized spacial score (nSPS) is 13.2. The predicted octanol–water partition coefficient (Wildman–Crippen LogP) is 1.48. The van der Waals surface area contributed by atoms with Crippen molar-refractivity contribution >= 4 is 11.3 Å². The topological polar surface area (TPSA) is 45.1 Å². The van der Waals surface area contributed by atoms with E-state index in [1.807, 2.05) is 6.92 Å². The van der Waals surface area contributed by atoms with E-state index in [2.05, 4.69) is 22.6 Å². The Morgan fingerprint density at radius 3 is 3.00 bits per heavy atom. The molecule has 1 aromatic rings. The first-order valence-electron chi connectivity index (χ1n) is 4.50. The summed E-state index contributed by atoms with van der Waals surface area (Å²) in [6.45, 7) is 5.18. The van der Waals surface area contributed by atoms with Crippen molar-refractivity contribution in [3.63, 3.8) is 0 Å². The Kier molecular flexibility index (Phi) is 4.35. The molecule has 0 aliphatic heterocycles. The van der Waals surface area contributed by atoms with Crippen molar-refractivity contribution in [3.05, 3.63) is 16.1 Å². The van der Waals surface area contributed by atoms with E-state index in [-0.39, 0.29) is 6.61 Å². The number of hydrogen-bond donors (Lipinski definition) is 2. The van der Waals surface area contributed by atoms with Crippen molar-refractivity contribution in [2.75, 3.05) is 13.2 Å². The van der Waals surface area contributed by atoms with Crippen molar-refractivity contribution in [1.82, 2.24) is 10.3 Å². The number of hydrogen-bond acceptors (Lipinski definition) is 4. The summed E-state index contributed by atoms with van der Waals surface area (Å²) in [6, 6.07) is 0.297. The lowest BCUT2D eigenvalue weighted by Gasteiger charge is -2.09. The van der Waals surface area contributed by atoms with Crippen molar-refractivity contribution in [2.45, 2.75) is 26.3 Å². The molecule has 0 aliphatic rings. The van der Waals surface area contributed by atoms with Gasteiger partial charge in [0.25, 0.3) is 0 Å². The fourth-order valence-corrected chi connectivity index (χ4v) is 1.88. The zero-order valence-electron chi connectivity index (χ0n) is 8.08. The van der Waals surface area contributed by atoms with Crippen LogP contribution in [0.2, 0.25) is 0 Å². The Bertz CT molecular complexity index is 250. The van der Waals surface area contributed by atoms with Gasteiger partial charge in [0.2, 0.25) is 0 Å². The largest absolute Gasteiger partial charge is 0.396 e. The Labute approximate surface area is 82.8 Å². The van der Waals surface area contributed by atoms with Crippen molar-refractivity contribution in [2.24, 2.45) is 0 Å². The number of rotatable bonds is 5. The molecule has 1 aromatic heterocycles. The molecule has 1 unspecified atom stereocenters. The van der Waals surface area contributed by atoms with Crippen LogP contribution in [0.3, 0.4) is 0 Å². The SMILES string of the molecule is Cc1csc(C(C)NCCCO)n1. The highest BCUT2D eigenvalue weighted by Gasteiger charge is 2.07. The molecule has 0 spiro atoms. The maximum Gasteiger partial charge on any atom is 0.110 e. The third-order valence-electron chi connectivity index (χ3n) is 1.79. The highest BCUT2D eigenvalue weighted by Crippen LogP contribution is 2.16. The maximum atomic E-state index is 8.60. The van der Waals surface area contributed by atoms with E-state index in [0.29, 0.717) is 6.04 Å². The van der Waals surface area contributed by atoms with Gasteiger partial charge in [-0.1, -0.05) is 0 Å². The fraction of sp³-hybridized carbons (Fsp3) is 0.667. The summed E-state index contributed by atoms with van der Waals surface area (Å²) >= 11 is 1.68. The van der Waals surface area contributed by atoms with E-state index in [4.69, 9.17) is 5.11 Å². The van der Waals surface area contributed by atoms with Gasteiger partial charge in [0, 0.05) is 17.7 Å². The first-order valence-corrected chi connectivity index (χ1v) is 5.38. The molecule has 0 fully saturated rings. The summed E-state index contributed by atoms with van der Waals surface area (Å²) in [7, 11) is 0. The molecule has 0 radical (unpaired) electrons. The number of thiazole rings is 1. The minimum Gasteiger partial charge on any atom is -0.396 e. The van der Waals surface area contributed by atoms with E-state index in [9.17, 15) is 0 Å². The zero-order valence-corrected chi connectivity index (χ0v) is 8.90. The van der Waals surface area contributed by atoms with Crippen LogP contribution in [-0.2, 0) is 0 Å². The van der Waals surface area contributed by atoms with Gasteiger partial charge in [0.15, 0.2) is 0 Å². The van der Waals surface area contributed by atoms with Gasteiger partial charge < -0.3 is 10.4 Å². The van der Waals surface area contributed by atoms with Crippen molar-refractivity contribution in [1.29, 1.82) is 0 Å². The lowest BCUT2D eigenvalue weighted by atomic mass is 10.3. The number of aliphatic hydroxyl groups excluding tert-OH is 1. The molecule has 4 heteroatoms. The minimum absolute atomic E-state index is 0.247. The van der Waals surface area contributed by atoms with Gasteiger partial charge in [-0.2, -0.15) is 0 Å². The fourth-order valence-electron chi connectivity index (χ4n) is 1.06. The highest BCUT2D eigenvalue weighted by molar-refractivity contribution is 7.09. The second kappa shape index (κ2) is 5.32. The summed E-state index contributed by atoms with van der Waals surface area (Å²) in [5, 5.41) is 15.1. The van der Waals surface area contributed by atoms with Gasteiger partial charge in [0.05, 0.1) is 6.04 Å². The first kappa shape index (κ1) is 10.6. The van der Waals surface area contributed by atoms with Crippen LogP contribution in [0.4, 0.5) is 0 Å². The van der Waals surface area contributed by atoms with Gasteiger partial charge in [-0.15, -0.1) is 11.3 Å². The van der Waals surface area contributed by atoms with E-state index in [1.165, 1.54) is 0 Å². The van der Waals surface area contributed by atoms with Crippen LogP contribution in [0.1, 0.15) is 30.1 Å². The van der Waals surface area contributed by atoms with Crippen LogP contribution in [0, 0.1) is 6.92 Å². The molecule has 0 amide bonds. The quantitative estimate of drug-likeness (QED) is 0.708. The van der Waals surface area contributed by atoms with Gasteiger partial charge in [-0.3, -0.25) is 0 Å². The summed E-state index contributed by atoms with van der Waals surface area (Å²) in [4.78, 5) is 4.38. The minimum atomic E-state index is 0.247. The van der Waals surface area contributed by atoms with E-state index >= 15 is 0 Å². The van der Waals surface area contributed by atoms with Gasteiger partial charge in [0.1, 0.15) is 5.01 Å². The molecule has 74 valence electrons. The molecule has 3 nitrogen and oxygen atoms in total. The molecular formula is C9H16N2OS. The molecule has 0 saturated heterocycles. The zero-order chi connectivity index (χ0) is 9.68. The summed E-state index contributed by atoms with van der Waals surface area (Å²) in [5.41, 5.74) is 1.08. The van der Waals surface area contributed by atoms with Crippen LogP contribution in [0.15, 0.2) is 5.38 Å². The molecule has 1 atom stereocenters. The molecule has 1 rings (SSSR count). The average Bonchev–Trinajstić information content (AvgIpc) is 2.52. The predicted molar refractivity (Wildman–Crippen MR) is 55.0 cm³/mol. The standard InChI is InChI=1S/C9H16N2OS/c1-7-6-13-9(11-7)8(2)10-4-3-5-12/h6,8,10,12H,3-5H2,1-2H3. The Morgan fingerprint density at radius 1 is 1.69 bits per heavy atom. The molecule has 1 heterocycles. The molecule has 13 heavy (non-hydrogen) atoms. The summed E-state index contributed by atoms with van der Waals surface area (Å²) in [6.07, 6.45) is 0.800. The van der Waals surface area contributed by atoms with Crippen LogP contribution in [0.25, 0.3) is 0 Å². The molecule has 0 aliphatic carbocycles. The highest BCUT2D eigenvalue weighted by atomic mass is 32.1. The Balaban J connectivity index is 2.35. The second-order valence-electron chi connectivity index (χ2n) is 3.08. The molecule has 2 N–H and O–H groups in total. The van der Waals surface area contributed by atoms with E-state index in [0.717, 1.165) is 23.7 Å². The number of aryl methyl sites for hydroxylation is 1. The van der Waals surface area contributed by atoms with Gasteiger partial charge in [-0.25, -0.2) is 4.98 Å². The summed E-state index contributed by atoms with van der Waals surface area (Å²) in [5.74, 6) is 0. The number of nitrogens with one attached hydrogen (secondary N) is 1. The van der Waals surface area contributed by atoms with Gasteiger partial charge in [-0.05, 0) is 26.8 Å². The Hall–Kier alpha value is -0.450. The van der Waals surface area contributed by atoms with Crippen LogP contribution in [-0.4, -0.2) is 23.2 Å². The van der Waals surface area contributed by atoms with E-state index in [1.54, 1.807) is 11.3 Å². The Morgan fingerprint density at radius 2 is 2.46 bits per heavy atom. The average molecular weight is 200 g/mol. The molecule has 0 aromatic carbocycles. The maximum absolute atomic E-state index is 8.60. The number of aliphatic hydroxyl groups is 1. The second-order valence-corrected chi connectivity index (χ2v) is 3.97. The molecular weight excluding hydrogens is 184 g/mol. The number of aromatic nitrogens is 1. The molecule has 0 saturated carbocycles. The van der Waals surface area contributed by atoms with Crippen molar-refractivity contribution in [3.8, 4) is 0 Å². The lowest BCUT2D eigenvalue weighted by molar-refractivity contribution is 0.284.